The number of ether oxygens (including phenoxy) is 1. The van der Waals surface area contributed by atoms with Crippen molar-refractivity contribution in [1.29, 1.82) is 0 Å². The summed E-state index contributed by atoms with van der Waals surface area (Å²) in [5.41, 5.74) is 1.15. The van der Waals surface area contributed by atoms with Gasteiger partial charge in [0.05, 0.1) is 5.60 Å². The fourth-order valence-electron chi connectivity index (χ4n) is 6.05. The van der Waals surface area contributed by atoms with Crippen LogP contribution in [-0.2, 0) is 4.74 Å². The molecule has 0 amide bonds. The molecule has 2 aliphatic carbocycles. The summed E-state index contributed by atoms with van der Waals surface area (Å²) in [6, 6.07) is 0. The number of methoxy groups -OCH3 is 1. The molecule has 25 heavy (non-hydrogen) atoms. The van der Waals surface area contributed by atoms with E-state index in [1.54, 1.807) is 0 Å². The SMILES string of the molecule is COC(C)(C)CCN1CCC2(CCC(C3CCCC3)(N(C)C)CC2)C1. The van der Waals surface area contributed by atoms with Crippen LogP contribution in [0.1, 0.15) is 78.1 Å². The average Bonchev–Trinajstić information content (AvgIpc) is 3.25. The van der Waals surface area contributed by atoms with E-state index in [2.05, 4.69) is 37.7 Å². The van der Waals surface area contributed by atoms with Gasteiger partial charge >= 0.3 is 0 Å². The van der Waals surface area contributed by atoms with Crippen LogP contribution in [0.5, 0.6) is 0 Å². The van der Waals surface area contributed by atoms with E-state index in [-0.39, 0.29) is 5.60 Å². The van der Waals surface area contributed by atoms with Crippen LogP contribution in [0.3, 0.4) is 0 Å². The van der Waals surface area contributed by atoms with Gasteiger partial charge in [-0.3, -0.25) is 0 Å². The van der Waals surface area contributed by atoms with Crippen LogP contribution < -0.4 is 0 Å². The van der Waals surface area contributed by atoms with Gasteiger partial charge < -0.3 is 14.5 Å². The molecule has 3 aliphatic rings. The van der Waals surface area contributed by atoms with Crippen molar-refractivity contribution in [2.75, 3.05) is 40.8 Å². The highest BCUT2D eigenvalue weighted by atomic mass is 16.5. The molecule has 2 saturated carbocycles. The maximum Gasteiger partial charge on any atom is 0.0634 e. The molecule has 0 atom stereocenters. The summed E-state index contributed by atoms with van der Waals surface area (Å²) >= 11 is 0. The van der Waals surface area contributed by atoms with Gasteiger partial charge in [0.15, 0.2) is 0 Å². The van der Waals surface area contributed by atoms with Gasteiger partial charge in [-0.25, -0.2) is 0 Å². The van der Waals surface area contributed by atoms with E-state index in [0.717, 1.165) is 12.3 Å². The van der Waals surface area contributed by atoms with Crippen molar-refractivity contribution in [3.05, 3.63) is 0 Å². The zero-order chi connectivity index (χ0) is 18.1. The Kier molecular flexibility index (Phi) is 5.88. The maximum atomic E-state index is 5.61. The standard InChI is InChI=1S/C22H42N2O/c1-20(2,25-5)14-16-24-17-15-21(18-24)10-12-22(13-11-21,23(3)4)19-8-6-7-9-19/h19H,6-18H2,1-5H3. The first-order chi connectivity index (χ1) is 11.8. The lowest BCUT2D eigenvalue weighted by Gasteiger charge is -2.52. The summed E-state index contributed by atoms with van der Waals surface area (Å²) in [7, 11) is 6.55. The normalized spacial score (nSPS) is 35.3. The fraction of sp³-hybridized carbons (Fsp3) is 1.00. The molecule has 3 heteroatoms. The van der Waals surface area contributed by atoms with Crippen LogP contribution in [0.4, 0.5) is 0 Å². The van der Waals surface area contributed by atoms with Crippen molar-refractivity contribution in [2.24, 2.45) is 11.3 Å². The summed E-state index contributed by atoms with van der Waals surface area (Å²) in [6.45, 7) is 8.27. The molecule has 0 unspecified atom stereocenters. The van der Waals surface area contributed by atoms with Gasteiger partial charge in [0.1, 0.15) is 0 Å². The zero-order valence-electron chi connectivity index (χ0n) is 17.6. The minimum absolute atomic E-state index is 0.0187. The van der Waals surface area contributed by atoms with Crippen molar-refractivity contribution in [2.45, 2.75) is 89.2 Å². The molecule has 3 nitrogen and oxygen atoms in total. The molecular weight excluding hydrogens is 308 g/mol. The molecule has 146 valence electrons. The van der Waals surface area contributed by atoms with Crippen LogP contribution >= 0.6 is 0 Å². The molecule has 3 fully saturated rings. The number of rotatable bonds is 6. The average molecular weight is 351 g/mol. The van der Waals surface area contributed by atoms with E-state index in [4.69, 9.17) is 4.74 Å². The summed E-state index contributed by atoms with van der Waals surface area (Å²) < 4.78 is 5.61. The van der Waals surface area contributed by atoms with Gasteiger partial charge in [-0.15, -0.1) is 0 Å². The predicted octanol–water partition coefficient (Wildman–Crippen LogP) is 4.56. The Morgan fingerprint density at radius 3 is 2.24 bits per heavy atom. The van der Waals surface area contributed by atoms with Crippen molar-refractivity contribution in [3.8, 4) is 0 Å². The second-order valence-corrected chi connectivity index (χ2v) is 10.2. The van der Waals surface area contributed by atoms with E-state index in [1.807, 2.05) is 7.11 Å². The second-order valence-electron chi connectivity index (χ2n) is 10.2. The highest BCUT2D eigenvalue weighted by Gasteiger charge is 2.50. The Morgan fingerprint density at radius 2 is 1.68 bits per heavy atom. The molecular formula is C22H42N2O. The molecule has 0 radical (unpaired) electrons. The lowest BCUT2D eigenvalue weighted by Crippen LogP contribution is -2.54. The Morgan fingerprint density at radius 1 is 1.04 bits per heavy atom. The molecule has 0 N–H and O–H groups in total. The van der Waals surface area contributed by atoms with Crippen LogP contribution in [0.15, 0.2) is 0 Å². The van der Waals surface area contributed by atoms with E-state index in [0.29, 0.717) is 11.0 Å². The van der Waals surface area contributed by atoms with Gasteiger partial charge in [0, 0.05) is 25.7 Å². The zero-order valence-corrected chi connectivity index (χ0v) is 17.6. The van der Waals surface area contributed by atoms with Gasteiger partial charge in [-0.1, -0.05) is 12.8 Å². The first kappa shape index (κ1) is 19.6. The topological polar surface area (TPSA) is 15.7 Å². The minimum Gasteiger partial charge on any atom is -0.379 e. The highest BCUT2D eigenvalue weighted by molar-refractivity contribution is 5.05. The predicted molar refractivity (Wildman–Crippen MR) is 106 cm³/mol. The molecule has 1 heterocycles. The van der Waals surface area contributed by atoms with E-state index >= 15 is 0 Å². The molecule has 0 aromatic carbocycles. The van der Waals surface area contributed by atoms with E-state index in [9.17, 15) is 0 Å². The smallest absolute Gasteiger partial charge is 0.0634 e. The minimum atomic E-state index is 0.0187. The van der Waals surface area contributed by atoms with Crippen LogP contribution in [-0.4, -0.2) is 61.8 Å². The van der Waals surface area contributed by atoms with E-state index < -0.39 is 0 Å². The lowest BCUT2D eigenvalue weighted by molar-refractivity contribution is -0.00614. The quantitative estimate of drug-likeness (QED) is 0.698. The Balaban J connectivity index is 1.56. The first-order valence-electron chi connectivity index (χ1n) is 10.8. The molecule has 1 saturated heterocycles. The molecule has 1 aliphatic heterocycles. The second kappa shape index (κ2) is 7.48. The van der Waals surface area contributed by atoms with Crippen molar-refractivity contribution >= 4 is 0 Å². The molecule has 0 bridgehead atoms. The van der Waals surface area contributed by atoms with Gasteiger partial charge in [-0.05, 0) is 97.2 Å². The third-order valence-corrected chi connectivity index (χ3v) is 8.28. The van der Waals surface area contributed by atoms with Crippen molar-refractivity contribution in [3.63, 3.8) is 0 Å². The third kappa shape index (κ3) is 4.09. The highest BCUT2D eigenvalue weighted by Crippen LogP contribution is 2.53. The molecule has 1 spiro atoms. The summed E-state index contributed by atoms with van der Waals surface area (Å²) in [5.74, 6) is 0.958. The summed E-state index contributed by atoms with van der Waals surface area (Å²) in [6.07, 6.45) is 14.2. The van der Waals surface area contributed by atoms with Gasteiger partial charge in [-0.2, -0.15) is 0 Å². The van der Waals surface area contributed by atoms with Crippen LogP contribution in [0, 0.1) is 11.3 Å². The number of nitrogens with zero attached hydrogens (tertiary/aromatic N) is 2. The lowest BCUT2D eigenvalue weighted by atomic mass is 9.62. The Labute approximate surface area is 156 Å². The Bertz CT molecular complexity index is 431. The summed E-state index contributed by atoms with van der Waals surface area (Å²) in [5, 5.41) is 0. The number of hydrogen-bond acceptors (Lipinski definition) is 3. The largest absolute Gasteiger partial charge is 0.379 e. The number of likely N-dealkylation sites (tertiary alicyclic amines) is 1. The Hall–Kier alpha value is -0.120. The van der Waals surface area contributed by atoms with Crippen molar-refractivity contribution < 1.29 is 4.74 Å². The third-order valence-electron chi connectivity index (χ3n) is 8.28. The van der Waals surface area contributed by atoms with Gasteiger partial charge in [0.25, 0.3) is 0 Å². The number of hydrogen-bond donors (Lipinski definition) is 0. The monoisotopic (exact) mass is 350 g/mol. The fourth-order valence-corrected chi connectivity index (χ4v) is 6.05. The van der Waals surface area contributed by atoms with Gasteiger partial charge in [0.2, 0.25) is 0 Å². The maximum absolute atomic E-state index is 5.61. The van der Waals surface area contributed by atoms with Crippen LogP contribution in [0.25, 0.3) is 0 Å². The van der Waals surface area contributed by atoms with E-state index in [1.165, 1.54) is 77.4 Å². The van der Waals surface area contributed by atoms with Crippen molar-refractivity contribution in [1.82, 2.24) is 9.80 Å². The molecule has 3 rings (SSSR count). The van der Waals surface area contributed by atoms with Crippen LogP contribution in [0.2, 0.25) is 0 Å². The molecule has 0 aromatic heterocycles. The first-order valence-corrected chi connectivity index (χ1v) is 10.8. The molecule has 0 aromatic rings. The summed E-state index contributed by atoms with van der Waals surface area (Å²) in [4.78, 5) is 5.34.